The molecule has 0 amide bonds. The lowest BCUT2D eigenvalue weighted by Gasteiger charge is -2.39. The first-order chi connectivity index (χ1) is 7.66. The van der Waals surface area contributed by atoms with Crippen LogP contribution in [-0.2, 0) is 4.74 Å². The van der Waals surface area contributed by atoms with E-state index in [0.29, 0.717) is 18.3 Å². The molecule has 3 unspecified atom stereocenters. The van der Waals surface area contributed by atoms with E-state index < -0.39 is 0 Å². The van der Waals surface area contributed by atoms with Crippen molar-refractivity contribution in [3.8, 4) is 0 Å². The Kier molecular flexibility index (Phi) is 6.21. The van der Waals surface area contributed by atoms with E-state index in [2.05, 4.69) is 31.0 Å². The third-order valence-electron chi connectivity index (χ3n) is 3.84. The van der Waals surface area contributed by atoms with Crippen molar-refractivity contribution in [3.05, 3.63) is 0 Å². The number of nitrogens with one attached hydrogen (secondary N) is 1. The molecule has 4 heteroatoms. The van der Waals surface area contributed by atoms with Gasteiger partial charge in [-0.1, -0.05) is 6.42 Å². The monoisotopic (exact) mass is 262 g/mol. The van der Waals surface area contributed by atoms with Gasteiger partial charge in [0.1, 0.15) is 6.23 Å². The number of hydrogen-bond donors (Lipinski definition) is 1. The first kappa shape index (κ1) is 15.2. The van der Waals surface area contributed by atoms with Crippen LogP contribution in [0.4, 0.5) is 0 Å². The van der Waals surface area contributed by atoms with Crippen molar-refractivity contribution < 1.29 is 4.74 Å². The van der Waals surface area contributed by atoms with Gasteiger partial charge in [0.2, 0.25) is 0 Å². The fraction of sp³-hybridized carbons (Fsp3) is 1.00. The number of nitrogens with zero attached hydrogens (tertiary/aromatic N) is 1. The van der Waals surface area contributed by atoms with Crippen molar-refractivity contribution in [1.82, 2.24) is 10.2 Å². The van der Waals surface area contributed by atoms with Gasteiger partial charge in [-0.25, -0.2) is 0 Å². The predicted octanol–water partition coefficient (Wildman–Crippen LogP) is 2.40. The molecule has 102 valence electrons. The third kappa shape index (κ3) is 4.09. The van der Waals surface area contributed by atoms with Crippen LogP contribution in [0.2, 0.25) is 0 Å². The van der Waals surface area contributed by atoms with Crippen LogP contribution in [0.5, 0.6) is 0 Å². The molecule has 0 radical (unpaired) electrons. The molecule has 0 spiro atoms. The second kappa shape index (κ2) is 6.93. The van der Waals surface area contributed by atoms with Crippen LogP contribution in [0.1, 0.15) is 46.5 Å². The van der Waals surface area contributed by atoms with Gasteiger partial charge in [0.25, 0.3) is 0 Å². The Bertz CT molecular complexity index is 225. The van der Waals surface area contributed by atoms with Crippen molar-refractivity contribution in [2.45, 2.75) is 70.8 Å². The van der Waals surface area contributed by atoms with Crippen molar-refractivity contribution in [2.24, 2.45) is 0 Å². The molecule has 2 rings (SSSR count). The summed E-state index contributed by atoms with van der Waals surface area (Å²) in [5.41, 5.74) is 0. The SMILES string of the molecule is CC1COC(CC2CCCCN2C(C)C)N1.Cl. The molecule has 2 fully saturated rings. The molecular formula is C13H27ClN2O. The van der Waals surface area contributed by atoms with Gasteiger partial charge in [0.15, 0.2) is 0 Å². The smallest absolute Gasteiger partial charge is 0.109 e. The Morgan fingerprint density at radius 3 is 2.71 bits per heavy atom. The van der Waals surface area contributed by atoms with Crippen LogP contribution in [-0.4, -0.2) is 42.4 Å². The van der Waals surface area contributed by atoms with E-state index in [0.717, 1.165) is 19.1 Å². The lowest BCUT2D eigenvalue weighted by atomic mass is 9.97. The van der Waals surface area contributed by atoms with E-state index in [9.17, 15) is 0 Å². The molecule has 3 atom stereocenters. The van der Waals surface area contributed by atoms with Gasteiger partial charge in [-0.3, -0.25) is 10.2 Å². The molecule has 0 saturated carbocycles. The van der Waals surface area contributed by atoms with Crippen LogP contribution < -0.4 is 5.32 Å². The first-order valence-electron chi connectivity index (χ1n) is 6.80. The predicted molar refractivity (Wildman–Crippen MR) is 73.7 cm³/mol. The molecule has 0 aromatic heterocycles. The van der Waals surface area contributed by atoms with E-state index in [1.165, 1.54) is 25.8 Å². The zero-order valence-corrected chi connectivity index (χ0v) is 12.1. The molecule has 2 aliphatic rings. The molecule has 2 heterocycles. The highest BCUT2D eigenvalue weighted by atomic mass is 35.5. The number of ether oxygens (including phenoxy) is 1. The Morgan fingerprint density at radius 2 is 2.12 bits per heavy atom. The lowest BCUT2D eigenvalue weighted by Crippen LogP contribution is -2.46. The summed E-state index contributed by atoms with van der Waals surface area (Å²) in [5.74, 6) is 0. The summed E-state index contributed by atoms with van der Waals surface area (Å²) in [6.07, 6.45) is 5.54. The number of halogens is 1. The highest BCUT2D eigenvalue weighted by molar-refractivity contribution is 5.85. The second-order valence-corrected chi connectivity index (χ2v) is 5.61. The summed E-state index contributed by atoms with van der Waals surface area (Å²) in [6, 6.07) is 1.92. The second-order valence-electron chi connectivity index (χ2n) is 5.61. The van der Waals surface area contributed by atoms with Crippen molar-refractivity contribution in [1.29, 1.82) is 0 Å². The molecule has 3 nitrogen and oxygen atoms in total. The number of rotatable bonds is 3. The minimum Gasteiger partial charge on any atom is -0.362 e. The molecule has 17 heavy (non-hydrogen) atoms. The normalized spacial score (nSPS) is 34.9. The van der Waals surface area contributed by atoms with E-state index in [1.54, 1.807) is 0 Å². The molecule has 0 aromatic rings. The third-order valence-corrected chi connectivity index (χ3v) is 3.84. The summed E-state index contributed by atoms with van der Waals surface area (Å²) < 4.78 is 5.76. The van der Waals surface area contributed by atoms with Crippen LogP contribution in [0.3, 0.4) is 0 Å². The summed E-state index contributed by atoms with van der Waals surface area (Å²) in [4.78, 5) is 2.65. The zero-order valence-electron chi connectivity index (χ0n) is 11.3. The minimum absolute atomic E-state index is 0. The van der Waals surface area contributed by atoms with Gasteiger partial charge in [0, 0.05) is 24.5 Å². The first-order valence-corrected chi connectivity index (χ1v) is 6.80. The number of hydrogen-bond acceptors (Lipinski definition) is 3. The Morgan fingerprint density at radius 1 is 1.35 bits per heavy atom. The minimum atomic E-state index is 0. The molecule has 1 N–H and O–H groups in total. The molecule has 0 bridgehead atoms. The molecule has 2 aliphatic heterocycles. The van der Waals surface area contributed by atoms with Gasteiger partial charge in [-0.15, -0.1) is 12.4 Å². The van der Waals surface area contributed by atoms with E-state index in [-0.39, 0.29) is 12.4 Å². The highest BCUT2D eigenvalue weighted by Gasteiger charge is 2.30. The quantitative estimate of drug-likeness (QED) is 0.845. The fourth-order valence-corrected chi connectivity index (χ4v) is 3.01. The summed E-state index contributed by atoms with van der Waals surface area (Å²) >= 11 is 0. The largest absolute Gasteiger partial charge is 0.362 e. The maximum absolute atomic E-state index is 5.76. The molecule has 0 aromatic carbocycles. The highest BCUT2D eigenvalue weighted by Crippen LogP contribution is 2.24. The van der Waals surface area contributed by atoms with Gasteiger partial charge in [-0.2, -0.15) is 0 Å². The van der Waals surface area contributed by atoms with Crippen molar-refractivity contribution in [3.63, 3.8) is 0 Å². The summed E-state index contributed by atoms with van der Waals surface area (Å²) in [7, 11) is 0. The van der Waals surface area contributed by atoms with Crippen LogP contribution in [0.25, 0.3) is 0 Å². The van der Waals surface area contributed by atoms with E-state index in [1.807, 2.05) is 0 Å². The zero-order chi connectivity index (χ0) is 11.5. The Hall–Kier alpha value is 0.170. The molecule has 0 aliphatic carbocycles. The van der Waals surface area contributed by atoms with Crippen molar-refractivity contribution >= 4 is 12.4 Å². The maximum Gasteiger partial charge on any atom is 0.109 e. The van der Waals surface area contributed by atoms with E-state index in [4.69, 9.17) is 4.74 Å². The van der Waals surface area contributed by atoms with Crippen LogP contribution in [0.15, 0.2) is 0 Å². The van der Waals surface area contributed by atoms with Gasteiger partial charge in [0.05, 0.1) is 6.61 Å². The van der Waals surface area contributed by atoms with Gasteiger partial charge in [-0.05, 0) is 40.2 Å². The van der Waals surface area contributed by atoms with Crippen molar-refractivity contribution in [2.75, 3.05) is 13.2 Å². The standard InChI is InChI=1S/C13H26N2O.ClH/c1-10(2)15-7-5-4-6-12(15)8-13-14-11(3)9-16-13;/h10-14H,4-9H2,1-3H3;1H. The summed E-state index contributed by atoms with van der Waals surface area (Å²) in [5, 5.41) is 3.51. The topological polar surface area (TPSA) is 24.5 Å². The number of likely N-dealkylation sites (tertiary alicyclic amines) is 1. The van der Waals surface area contributed by atoms with Gasteiger partial charge >= 0.3 is 0 Å². The molecular weight excluding hydrogens is 236 g/mol. The lowest BCUT2D eigenvalue weighted by molar-refractivity contribution is 0.0351. The summed E-state index contributed by atoms with van der Waals surface area (Å²) in [6.45, 7) is 8.96. The Balaban J connectivity index is 0.00000144. The fourth-order valence-electron chi connectivity index (χ4n) is 3.01. The van der Waals surface area contributed by atoms with Gasteiger partial charge < -0.3 is 4.74 Å². The average Bonchev–Trinajstić information content (AvgIpc) is 2.64. The van der Waals surface area contributed by atoms with Crippen LogP contribution in [0, 0.1) is 0 Å². The maximum atomic E-state index is 5.76. The van der Waals surface area contributed by atoms with E-state index >= 15 is 0 Å². The Labute approximate surface area is 112 Å². The molecule has 2 saturated heterocycles. The average molecular weight is 263 g/mol. The number of piperidine rings is 1. The van der Waals surface area contributed by atoms with Crippen LogP contribution >= 0.6 is 12.4 Å².